The van der Waals surface area contributed by atoms with E-state index in [1.807, 2.05) is 0 Å². The highest BCUT2D eigenvalue weighted by Crippen LogP contribution is 2.20. The summed E-state index contributed by atoms with van der Waals surface area (Å²) >= 11 is 5.78. The third-order valence-corrected chi connectivity index (χ3v) is 3.05. The van der Waals surface area contributed by atoms with Gasteiger partial charge in [0, 0.05) is 11.6 Å². The fraction of sp³-hybridized carbons (Fsp3) is 0.462. The Kier molecular flexibility index (Phi) is 4.50. The number of nitrogens with zero attached hydrogens (tertiary/aromatic N) is 1. The molecular weight excluding hydrogens is 268 g/mol. The lowest BCUT2D eigenvalue weighted by atomic mass is 10.2. The number of benzene rings is 1. The normalized spacial score (nSPS) is 16.7. The second-order valence-corrected chi connectivity index (χ2v) is 5.07. The molecule has 2 rings (SSSR count). The van der Waals surface area contributed by atoms with Crippen molar-refractivity contribution in [1.29, 1.82) is 0 Å². The topological polar surface area (TPSA) is 61.8 Å². The summed E-state index contributed by atoms with van der Waals surface area (Å²) in [6.45, 7) is 2.99. The molecule has 0 saturated carbocycles. The van der Waals surface area contributed by atoms with E-state index >= 15 is 0 Å². The molecule has 104 valence electrons. The van der Waals surface area contributed by atoms with Gasteiger partial charge in [-0.3, -0.25) is 0 Å². The van der Waals surface area contributed by atoms with Crippen LogP contribution in [0.25, 0.3) is 0 Å². The maximum Gasteiger partial charge on any atom is 0.317 e. The lowest BCUT2D eigenvalue weighted by molar-refractivity contribution is 0.0433. The summed E-state index contributed by atoms with van der Waals surface area (Å²) in [6.07, 6.45) is -0.523. The average Bonchev–Trinajstić information content (AvgIpc) is 2.32. The van der Waals surface area contributed by atoms with Gasteiger partial charge in [-0.25, -0.2) is 4.79 Å². The maximum atomic E-state index is 11.6. The zero-order valence-corrected chi connectivity index (χ0v) is 11.4. The summed E-state index contributed by atoms with van der Waals surface area (Å²) in [5.74, 6) is 0.749. The summed E-state index contributed by atoms with van der Waals surface area (Å²) in [5.41, 5.74) is 0. The van der Waals surface area contributed by atoms with Gasteiger partial charge in [-0.15, -0.1) is 0 Å². The third-order valence-electron chi connectivity index (χ3n) is 2.80. The molecule has 0 aromatic heterocycles. The van der Waals surface area contributed by atoms with Crippen molar-refractivity contribution in [3.8, 4) is 5.75 Å². The standard InChI is InChI=1S/C13H17ClN2O3/c1-9(17)6-15-13(18)16-7-12(8-16)19-11-4-2-10(14)3-5-11/h2-5,9,12,17H,6-8H2,1H3,(H,15,18)/t9-/m1/s1. The molecule has 1 saturated heterocycles. The molecule has 0 spiro atoms. The minimum absolute atomic E-state index is 0.0125. The van der Waals surface area contributed by atoms with Crippen molar-refractivity contribution >= 4 is 17.6 Å². The van der Waals surface area contributed by atoms with E-state index in [0.29, 0.717) is 18.1 Å². The van der Waals surface area contributed by atoms with Crippen LogP contribution in [-0.2, 0) is 0 Å². The lowest BCUT2D eigenvalue weighted by Gasteiger charge is -2.38. The van der Waals surface area contributed by atoms with Crippen molar-refractivity contribution in [1.82, 2.24) is 10.2 Å². The van der Waals surface area contributed by atoms with Crippen LogP contribution in [0.4, 0.5) is 4.79 Å². The molecule has 19 heavy (non-hydrogen) atoms. The average molecular weight is 285 g/mol. The number of likely N-dealkylation sites (tertiary alicyclic amines) is 1. The Morgan fingerprint density at radius 3 is 2.74 bits per heavy atom. The van der Waals surface area contributed by atoms with Gasteiger partial charge >= 0.3 is 6.03 Å². The Morgan fingerprint density at radius 2 is 2.16 bits per heavy atom. The predicted molar refractivity (Wildman–Crippen MR) is 72.5 cm³/mol. The van der Waals surface area contributed by atoms with Crippen LogP contribution in [0, 0.1) is 0 Å². The van der Waals surface area contributed by atoms with Gasteiger partial charge < -0.3 is 20.1 Å². The van der Waals surface area contributed by atoms with Gasteiger partial charge in [0.25, 0.3) is 0 Å². The number of nitrogens with one attached hydrogen (secondary N) is 1. The number of rotatable bonds is 4. The van der Waals surface area contributed by atoms with Crippen LogP contribution in [0.15, 0.2) is 24.3 Å². The Balaban J connectivity index is 1.71. The highest BCUT2D eigenvalue weighted by atomic mass is 35.5. The van der Waals surface area contributed by atoms with Crippen molar-refractivity contribution in [2.45, 2.75) is 19.1 Å². The van der Waals surface area contributed by atoms with E-state index in [1.54, 1.807) is 36.1 Å². The fourth-order valence-electron chi connectivity index (χ4n) is 1.73. The van der Waals surface area contributed by atoms with Crippen molar-refractivity contribution in [3.63, 3.8) is 0 Å². The van der Waals surface area contributed by atoms with E-state index in [4.69, 9.17) is 21.4 Å². The van der Waals surface area contributed by atoms with E-state index < -0.39 is 6.10 Å². The molecular formula is C13H17ClN2O3. The summed E-state index contributed by atoms with van der Waals surface area (Å²) < 4.78 is 5.68. The number of ether oxygens (including phenoxy) is 1. The number of hydrogen-bond donors (Lipinski definition) is 2. The van der Waals surface area contributed by atoms with E-state index in [9.17, 15) is 4.79 Å². The maximum absolute atomic E-state index is 11.6. The highest BCUT2D eigenvalue weighted by molar-refractivity contribution is 6.30. The van der Waals surface area contributed by atoms with Gasteiger partial charge in [0.05, 0.1) is 19.2 Å². The van der Waals surface area contributed by atoms with Gasteiger partial charge in [0.1, 0.15) is 11.9 Å². The van der Waals surface area contributed by atoms with Crippen LogP contribution in [-0.4, -0.2) is 47.9 Å². The quantitative estimate of drug-likeness (QED) is 0.881. The summed E-state index contributed by atoms with van der Waals surface area (Å²) in [6, 6.07) is 6.97. The molecule has 5 nitrogen and oxygen atoms in total. The molecule has 1 aliphatic heterocycles. The largest absolute Gasteiger partial charge is 0.487 e. The van der Waals surface area contributed by atoms with E-state index in [-0.39, 0.29) is 18.7 Å². The van der Waals surface area contributed by atoms with Gasteiger partial charge in [-0.2, -0.15) is 0 Å². The first-order chi connectivity index (χ1) is 9.04. The molecule has 0 radical (unpaired) electrons. The minimum atomic E-state index is -0.536. The molecule has 1 aromatic rings. The minimum Gasteiger partial charge on any atom is -0.487 e. The molecule has 0 aliphatic carbocycles. The van der Waals surface area contributed by atoms with Gasteiger partial charge in [-0.1, -0.05) is 11.6 Å². The molecule has 1 heterocycles. The molecule has 1 fully saturated rings. The number of carbonyl (C=O) groups excluding carboxylic acids is 1. The summed E-state index contributed by atoms with van der Waals surface area (Å²) in [7, 11) is 0. The van der Waals surface area contributed by atoms with Crippen LogP contribution < -0.4 is 10.1 Å². The molecule has 2 N–H and O–H groups in total. The molecule has 0 bridgehead atoms. The SMILES string of the molecule is C[C@@H](O)CNC(=O)N1CC(Oc2ccc(Cl)cc2)C1. The Bertz CT molecular complexity index is 430. The highest BCUT2D eigenvalue weighted by Gasteiger charge is 2.32. The molecule has 2 amide bonds. The van der Waals surface area contributed by atoms with Crippen molar-refractivity contribution in [3.05, 3.63) is 29.3 Å². The molecule has 6 heteroatoms. The zero-order chi connectivity index (χ0) is 13.8. The fourth-order valence-corrected chi connectivity index (χ4v) is 1.86. The second-order valence-electron chi connectivity index (χ2n) is 4.63. The number of urea groups is 1. The van der Waals surface area contributed by atoms with Crippen LogP contribution in [0.5, 0.6) is 5.75 Å². The van der Waals surface area contributed by atoms with E-state index in [0.717, 1.165) is 5.75 Å². The number of aliphatic hydroxyl groups is 1. The van der Waals surface area contributed by atoms with Crippen LogP contribution >= 0.6 is 11.6 Å². The van der Waals surface area contributed by atoms with Crippen molar-refractivity contribution in [2.75, 3.05) is 19.6 Å². The first-order valence-corrected chi connectivity index (χ1v) is 6.55. The van der Waals surface area contributed by atoms with Crippen LogP contribution in [0.3, 0.4) is 0 Å². The van der Waals surface area contributed by atoms with Gasteiger partial charge in [0.15, 0.2) is 0 Å². The molecule has 1 atom stereocenters. The summed E-state index contributed by atoms with van der Waals surface area (Å²) in [4.78, 5) is 13.2. The predicted octanol–water partition coefficient (Wildman–Crippen LogP) is 1.49. The number of halogens is 1. The third kappa shape index (κ3) is 4.01. The van der Waals surface area contributed by atoms with E-state index in [2.05, 4.69) is 5.32 Å². The van der Waals surface area contributed by atoms with Crippen LogP contribution in [0.1, 0.15) is 6.92 Å². The number of hydrogen-bond acceptors (Lipinski definition) is 3. The smallest absolute Gasteiger partial charge is 0.317 e. The Hall–Kier alpha value is -1.46. The van der Waals surface area contributed by atoms with Crippen molar-refractivity contribution < 1.29 is 14.6 Å². The number of aliphatic hydroxyl groups excluding tert-OH is 1. The molecule has 1 aromatic carbocycles. The monoisotopic (exact) mass is 284 g/mol. The Labute approximate surface area is 117 Å². The molecule has 0 unspecified atom stereocenters. The lowest BCUT2D eigenvalue weighted by Crippen LogP contribution is -2.59. The Morgan fingerprint density at radius 1 is 1.53 bits per heavy atom. The van der Waals surface area contributed by atoms with Gasteiger partial charge in [-0.05, 0) is 31.2 Å². The molecule has 1 aliphatic rings. The number of amides is 2. The first kappa shape index (κ1) is 14.0. The second kappa shape index (κ2) is 6.12. The van der Waals surface area contributed by atoms with Crippen molar-refractivity contribution in [2.24, 2.45) is 0 Å². The van der Waals surface area contributed by atoms with Gasteiger partial charge in [0.2, 0.25) is 0 Å². The van der Waals surface area contributed by atoms with E-state index in [1.165, 1.54) is 0 Å². The zero-order valence-electron chi connectivity index (χ0n) is 10.7. The summed E-state index contributed by atoms with van der Waals surface area (Å²) in [5, 5.41) is 12.4. The number of carbonyl (C=O) groups is 1. The first-order valence-electron chi connectivity index (χ1n) is 6.17. The van der Waals surface area contributed by atoms with Crippen LogP contribution in [0.2, 0.25) is 5.02 Å².